The molecule has 0 saturated carbocycles. The molecule has 4 heteroatoms. The van der Waals surface area contributed by atoms with Gasteiger partial charge < -0.3 is 17.9 Å². The predicted molar refractivity (Wildman–Crippen MR) is 170 cm³/mol. The van der Waals surface area contributed by atoms with E-state index in [1.165, 1.54) is 200 Å². The lowest BCUT2D eigenvalue weighted by Crippen LogP contribution is -2.75. The molecule has 0 spiro atoms. The maximum absolute atomic E-state index is 2.51. The highest BCUT2D eigenvalue weighted by molar-refractivity contribution is 5.26. The second-order valence-electron chi connectivity index (χ2n) is 15.1. The van der Waals surface area contributed by atoms with E-state index in [1.54, 1.807) is 11.1 Å². The molecule has 0 amide bonds. The molecule has 40 heavy (non-hydrogen) atoms. The van der Waals surface area contributed by atoms with Gasteiger partial charge >= 0.3 is 0 Å². The summed E-state index contributed by atoms with van der Waals surface area (Å²) in [4.78, 5) is 0. The van der Waals surface area contributed by atoms with Crippen molar-refractivity contribution < 1.29 is 17.9 Å². The first-order valence-electron chi connectivity index (χ1n) is 18.0. The second-order valence-corrected chi connectivity index (χ2v) is 15.1. The average molecular weight is 555 g/mol. The summed E-state index contributed by atoms with van der Waals surface area (Å²) in [5.41, 5.74) is 3.38. The van der Waals surface area contributed by atoms with E-state index in [2.05, 4.69) is 38.1 Å². The van der Waals surface area contributed by atoms with Crippen molar-refractivity contribution in [2.24, 2.45) is 0 Å². The fraction of sp³-hybridized carbons (Fsp3) is 0.833. The molecule has 1 aromatic rings. The van der Waals surface area contributed by atoms with E-state index in [9.17, 15) is 0 Å². The van der Waals surface area contributed by atoms with Crippen LogP contribution in [0.25, 0.3) is 0 Å². The zero-order chi connectivity index (χ0) is 27.8. The van der Waals surface area contributed by atoms with Crippen LogP contribution in [0.3, 0.4) is 0 Å². The lowest BCUT2D eigenvalue weighted by molar-refractivity contribution is -1.09. The van der Waals surface area contributed by atoms with E-state index in [-0.39, 0.29) is 0 Å². The first-order chi connectivity index (χ1) is 19.5. The van der Waals surface area contributed by atoms with Crippen LogP contribution in [0, 0.1) is 0 Å². The summed E-state index contributed by atoms with van der Waals surface area (Å²) in [5, 5.41) is 0. The van der Waals surface area contributed by atoms with Crippen molar-refractivity contribution in [2.45, 2.75) is 104 Å². The molecule has 0 atom stereocenters. The van der Waals surface area contributed by atoms with Gasteiger partial charge in [0.15, 0.2) is 0 Å². The van der Waals surface area contributed by atoms with Crippen LogP contribution in [0.4, 0.5) is 0 Å². The Hall–Kier alpha value is -0.940. The molecule has 4 bridgehead atoms. The maximum Gasteiger partial charge on any atom is 0.129 e. The van der Waals surface area contributed by atoms with Crippen LogP contribution in [-0.4, -0.2) is 110 Å². The molecular formula is C36H66N4+4. The van der Waals surface area contributed by atoms with Gasteiger partial charge in [0.05, 0.1) is 13.1 Å². The van der Waals surface area contributed by atoms with Crippen molar-refractivity contribution in [3.63, 3.8) is 0 Å². The summed E-state index contributed by atoms with van der Waals surface area (Å²) in [6, 6.07) is 9.68. The Morgan fingerprint density at radius 3 is 1.05 bits per heavy atom. The van der Waals surface area contributed by atoms with Crippen LogP contribution in [0.1, 0.15) is 102 Å². The molecule has 6 heterocycles. The SMILES string of the molecule is CCCCCCCC[N+]12CC[N+](Cc3ccccc3C[N+]34CC[N+](CCCCCCCC)(CC3)CC4)(CC1)CC2. The Morgan fingerprint density at radius 2 is 0.700 bits per heavy atom. The highest BCUT2D eigenvalue weighted by atomic mass is 15.5. The highest BCUT2D eigenvalue weighted by Gasteiger charge is 2.50. The number of quaternary nitrogens is 4. The van der Waals surface area contributed by atoms with Crippen molar-refractivity contribution in [1.29, 1.82) is 0 Å². The Morgan fingerprint density at radius 1 is 0.400 bits per heavy atom. The summed E-state index contributed by atoms with van der Waals surface area (Å²) >= 11 is 0. The predicted octanol–water partition coefficient (Wildman–Crippen LogP) is 6.73. The van der Waals surface area contributed by atoms with Crippen molar-refractivity contribution in [2.75, 3.05) is 91.6 Å². The van der Waals surface area contributed by atoms with Crippen molar-refractivity contribution in [3.8, 4) is 0 Å². The van der Waals surface area contributed by atoms with E-state index in [0.717, 1.165) is 0 Å². The Bertz CT molecular complexity index is 788. The standard InChI is InChI=1S/C36H66N4/c1-3-5-7-9-11-15-19-37-21-27-39(28-22-37,29-23-37)33-35-17-13-14-18-36(35)34-40-30-24-38(25-31-40,26-32-40)20-16-12-10-8-6-4-2/h13-14,17-18H,3-12,15-16,19-34H2,1-2H3/q+4. The topological polar surface area (TPSA) is 0 Å². The van der Waals surface area contributed by atoms with Crippen LogP contribution in [0.5, 0.6) is 0 Å². The third kappa shape index (κ3) is 7.52. The molecule has 6 aliphatic heterocycles. The molecule has 6 fully saturated rings. The number of nitrogens with zero attached hydrogens (tertiary/aromatic N) is 4. The Labute approximate surface area is 248 Å². The van der Waals surface area contributed by atoms with E-state index < -0.39 is 0 Å². The van der Waals surface area contributed by atoms with Crippen LogP contribution < -0.4 is 0 Å². The first-order valence-corrected chi connectivity index (χ1v) is 18.0. The summed E-state index contributed by atoms with van der Waals surface area (Å²) < 4.78 is 5.67. The maximum atomic E-state index is 2.51. The fourth-order valence-corrected chi connectivity index (χ4v) is 9.08. The average Bonchev–Trinajstić information content (AvgIpc) is 3.00. The number of piperazine rings is 6. The lowest BCUT2D eigenvalue weighted by atomic mass is 9.98. The molecule has 0 radical (unpaired) electrons. The van der Waals surface area contributed by atoms with Crippen LogP contribution in [0.15, 0.2) is 24.3 Å². The van der Waals surface area contributed by atoms with Gasteiger partial charge in [0.25, 0.3) is 0 Å². The van der Waals surface area contributed by atoms with Gasteiger partial charge in [-0.2, -0.15) is 0 Å². The van der Waals surface area contributed by atoms with E-state index in [4.69, 9.17) is 0 Å². The molecule has 7 rings (SSSR count). The van der Waals surface area contributed by atoms with E-state index in [1.807, 2.05) is 0 Å². The molecule has 6 aliphatic rings. The van der Waals surface area contributed by atoms with Crippen LogP contribution in [-0.2, 0) is 13.1 Å². The summed E-state index contributed by atoms with van der Waals surface area (Å²) in [5.74, 6) is 0. The molecule has 6 saturated heterocycles. The summed E-state index contributed by atoms with van der Waals surface area (Å²) in [7, 11) is 0. The van der Waals surface area contributed by atoms with E-state index >= 15 is 0 Å². The van der Waals surface area contributed by atoms with Crippen molar-refractivity contribution >= 4 is 0 Å². The third-order valence-electron chi connectivity index (χ3n) is 12.4. The molecule has 1 aromatic carbocycles. The zero-order valence-corrected chi connectivity index (χ0v) is 26.9. The normalized spacial score (nSPS) is 33.0. The molecule has 0 N–H and O–H groups in total. The number of unbranched alkanes of at least 4 members (excludes halogenated alkanes) is 10. The van der Waals surface area contributed by atoms with Gasteiger partial charge in [-0.15, -0.1) is 0 Å². The fourth-order valence-electron chi connectivity index (χ4n) is 9.08. The number of hydrogen-bond acceptors (Lipinski definition) is 0. The second kappa shape index (κ2) is 14.0. The van der Waals surface area contributed by atoms with Gasteiger partial charge in [0.1, 0.15) is 91.6 Å². The smallest absolute Gasteiger partial charge is 0.129 e. The largest absolute Gasteiger partial charge is 0.310 e. The number of benzene rings is 1. The molecule has 0 unspecified atom stereocenters. The van der Waals surface area contributed by atoms with Crippen molar-refractivity contribution in [1.82, 2.24) is 0 Å². The summed E-state index contributed by atoms with van der Waals surface area (Å²) in [6.07, 6.45) is 17.3. The first kappa shape index (κ1) is 30.5. The van der Waals surface area contributed by atoms with Gasteiger partial charge in [0, 0.05) is 11.1 Å². The molecule has 0 aromatic heterocycles. The minimum absolute atomic E-state index is 1.30. The van der Waals surface area contributed by atoms with Crippen LogP contribution >= 0.6 is 0 Å². The van der Waals surface area contributed by atoms with Gasteiger partial charge in [0.2, 0.25) is 0 Å². The minimum Gasteiger partial charge on any atom is -0.310 e. The molecule has 0 aliphatic carbocycles. The number of fused-ring (bicyclic) bond motifs is 6. The number of rotatable bonds is 18. The summed E-state index contributed by atoms with van der Waals surface area (Å²) in [6.45, 7) is 27.3. The Balaban J connectivity index is 1.10. The molecule has 4 nitrogen and oxygen atoms in total. The quantitative estimate of drug-likeness (QED) is 0.139. The number of hydrogen-bond donors (Lipinski definition) is 0. The molecule has 226 valence electrons. The van der Waals surface area contributed by atoms with Crippen molar-refractivity contribution in [3.05, 3.63) is 35.4 Å². The minimum atomic E-state index is 1.30. The van der Waals surface area contributed by atoms with Gasteiger partial charge in [-0.1, -0.05) is 89.5 Å². The Kier molecular flexibility index (Phi) is 10.7. The lowest BCUT2D eigenvalue weighted by Gasteiger charge is -2.56. The van der Waals surface area contributed by atoms with Crippen LogP contribution in [0.2, 0.25) is 0 Å². The molecular weight excluding hydrogens is 488 g/mol. The highest BCUT2D eigenvalue weighted by Crippen LogP contribution is 2.33. The van der Waals surface area contributed by atoms with Gasteiger partial charge in [-0.3, -0.25) is 0 Å². The van der Waals surface area contributed by atoms with Gasteiger partial charge in [-0.25, -0.2) is 0 Å². The zero-order valence-electron chi connectivity index (χ0n) is 26.9. The monoisotopic (exact) mass is 555 g/mol. The van der Waals surface area contributed by atoms with E-state index in [0.29, 0.717) is 0 Å². The third-order valence-corrected chi connectivity index (χ3v) is 12.4. The van der Waals surface area contributed by atoms with Gasteiger partial charge in [-0.05, 0) is 25.7 Å².